The molecule has 2 N–H and O–H groups in total. The van der Waals surface area contributed by atoms with E-state index < -0.39 is 0 Å². The van der Waals surface area contributed by atoms with Crippen LogP contribution in [0.5, 0.6) is 0 Å². The number of nitrogens with zero attached hydrogens (tertiary/aromatic N) is 2. The maximum Gasteiger partial charge on any atom is 0.190 e. The Hall–Kier alpha value is -0.900. The van der Waals surface area contributed by atoms with Gasteiger partial charge in [-0.15, -0.1) is 24.0 Å². The van der Waals surface area contributed by atoms with Gasteiger partial charge in [0.2, 0.25) is 0 Å². The molecular formula is C22H39IN4O2. The Kier molecular flexibility index (Phi) is 14.3. The van der Waals surface area contributed by atoms with Crippen LogP contribution in [0.2, 0.25) is 0 Å². The maximum absolute atomic E-state index is 5.47. The van der Waals surface area contributed by atoms with Crippen LogP contribution in [0.1, 0.15) is 30.4 Å². The lowest BCUT2D eigenvalue weighted by Crippen LogP contribution is -2.43. The monoisotopic (exact) mass is 518 g/mol. The second kappa shape index (κ2) is 15.9. The van der Waals surface area contributed by atoms with Crippen molar-refractivity contribution in [3.63, 3.8) is 0 Å². The molecule has 0 atom stereocenters. The van der Waals surface area contributed by atoms with Gasteiger partial charge in [0.15, 0.2) is 5.96 Å². The van der Waals surface area contributed by atoms with Gasteiger partial charge in [0.05, 0.1) is 13.2 Å². The second-order valence-corrected chi connectivity index (χ2v) is 7.54. The van der Waals surface area contributed by atoms with Gasteiger partial charge in [0, 0.05) is 40.4 Å². The maximum atomic E-state index is 5.47. The second-order valence-electron chi connectivity index (χ2n) is 7.54. The molecule has 1 aromatic carbocycles. The molecule has 1 saturated heterocycles. The number of aliphatic imine (C=N–C) groups is 1. The largest absolute Gasteiger partial charge is 0.382 e. The summed E-state index contributed by atoms with van der Waals surface area (Å²) in [5.41, 5.74) is 2.74. The highest BCUT2D eigenvalue weighted by Gasteiger charge is 2.19. The van der Waals surface area contributed by atoms with E-state index in [-0.39, 0.29) is 24.0 Å². The number of halogens is 1. The van der Waals surface area contributed by atoms with Gasteiger partial charge >= 0.3 is 0 Å². The summed E-state index contributed by atoms with van der Waals surface area (Å²) < 4.78 is 10.4. The highest BCUT2D eigenvalue weighted by Crippen LogP contribution is 2.18. The van der Waals surface area contributed by atoms with Crippen molar-refractivity contribution in [3.05, 3.63) is 35.4 Å². The molecule has 0 aliphatic carbocycles. The van der Waals surface area contributed by atoms with Crippen molar-refractivity contribution in [1.82, 2.24) is 15.5 Å². The van der Waals surface area contributed by atoms with Gasteiger partial charge in [-0.25, -0.2) is 0 Å². The minimum atomic E-state index is 0. The molecule has 29 heavy (non-hydrogen) atoms. The lowest BCUT2D eigenvalue weighted by Gasteiger charge is -2.32. The highest BCUT2D eigenvalue weighted by atomic mass is 127. The fourth-order valence-corrected chi connectivity index (χ4v) is 3.39. The summed E-state index contributed by atoms with van der Waals surface area (Å²) in [4.78, 5) is 6.89. The Bertz CT molecular complexity index is 560. The third kappa shape index (κ3) is 11.2. The summed E-state index contributed by atoms with van der Waals surface area (Å²) in [6, 6.07) is 8.91. The quantitative estimate of drug-likeness (QED) is 0.204. The van der Waals surface area contributed by atoms with Crippen molar-refractivity contribution in [1.29, 1.82) is 0 Å². The van der Waals surface area contributed by atoms with E-state index >= 15 is 0 Å². The van der Waals surface area contributed by atoms with Crippen LogP contribution in [0.3, 0.4) is 0 Å². The Balaban J connectivity index is 0.00000420. The van der Waals surface area contributed by atoms with Crippen LogP contribution in [0.15, 0.2) is 29.3 Å². The van der Waals surface area contributed by atoms with Crippen LogP contribution in [0.25, 0.3) is 0 Å². The van der Waals surface area contributed by atoms with Gasteiger partial charge < -0.3 is 20.1 Å². The van der Waals surface area contributed by atoms with Gasteiger partial charge in [-0.05, 0) is 50.8 Å². The molecule has 0 bridgehead atoms. The Morgan fingerprint density at radius 1 is 1.10 bits per heavy atom. The van der Waals surface area contributed by atoms with Crippen LogP contribution < -0.4 is 10.6 Å². The Morgan fingerprint density at radius 3 is 2.48 bits per heavy atom. The summed E-state index contributed by atoms with van der Waals surface area (Å²) >= 11 is 0. The van der Waals surface area contributed by atoms with Crippen LogP contribution in [-0.2, 0) is 16.0 Å². The molecule has 1 fully saturated rings. The first-order valence-corrected chi connectivity index (χ1v) is 10.5. The first-order chi connectivity index (χ1) is 13.7. The highest BCUT2D eigenvalue weighted by molar-refractivity contribution is 14.0. The zero-order valence-corrected chi connectivity index (χ0v) is 20.6. The predicted octanol–water partition coefficient (Wildman–Crippen LogP) is 3.04. The number of aryl methyl sites for hydroxylation is 1. The molecule has 0 saturated carbocycles. The van der Waals surface area contributed by atoms with Crippen molar-refractivity contribution >= 4 is 29.9 Å². The zero-order chi connectivity index (χ0) is 20.0. The number of methoxy groups -OCH3 is 1. The number of likely N-dealkylation sites (tertiary alicyclic amines) is 1. The SMILES string of the molecule is CN=C(NCCCOCCOC)NCC1CCN(Cc2ccc(C)cc2)CC1.I. The van der Waals surface area contributed by atoms with E-state index in [4.69, 9.17) is 9.47 Å². The molecular weight excluding hydrogens is 479 g/mol. The molecule has 1 aliphatic heterocycles. The first kappa shape index (κ1) is 26.1. The molecule has 0 aromatic heterocycles. The van der Waals surface area contributed by atoms with E-state index in [9.17, 15) is 0 Å². The Morgan fingerprint density at radius 2 is 1.83 bits per heavy atom. The van der Waals surface area contributed by atoms with Crippen molar-refractivity contribution in [2.45, 2.75) is 32.7 Å². The average Bonchev–Trinajstić information content (AvgIpc) is 2.72. The third-order valence-electron chi connectivity index (χ3n) is 5.21. The molecule has 6 nitrogen and oxygen atoms in total. The fourth-order valence-electron chi connectivity index (χ4n) is 3.39. The van der Waals surface area contributed by atoms with Crippen molar-refractivity contribution in [2.24, 2.45) is 10.9 Å². The lowest BCUT2D eigenvalue weighted by atomic mass is 9.96. The van der Waals surface area contributed by atoms with E-state index in [1.807, 2.05) is 7.05 Å². The molecule has 7 heteroatoms. The number of rotatable bonds is 11. The molecule has 0 amide bonds. The molecule has 0 radical (unpaired) electrons. The van der Waals surface area contributed by atoms with E-state index in [0.29, 0.717) is 19.1 Å². The van der Waals surface area contributed by atoms with Gasteiger partial charge in [-0.3, -0.25) is 9.89 Å². The van der Waals surface area contributed by atoms with Crippen molar-refractivity contribution in [3.8, 4) is 0 Å². The number of ether oxygens (including phenoxy) is 2. The van der Waals surface area contributed by atoms with E-state index in [1.165, 1.54) is 37.1 Å². The lowest BCUT2D eigenvalue weighted by molar-refractivity contribution is 0.0698. The van der Waals surface area contributed by atoms with Crippen molar-refractivity contribution < 1.29 is 9.47 Å². The van der Waals surface area contributed by atoms with Gasteiger partial charge in [-0.1, -0.05) is 29.8 Å². The minimum absolute atomic E-state index is 0. The molecule has 1 heterocycles. The number of hydrogen-bond acceptors (Lipinski definition) is 4. The van der Waals surface area contributed by atoms with Gasteiger partial charge in [0.1, 0.15) is 0 Å². The fraction of sp³-hybridized carbons (Fsp3) is 0.682. The zero-order valence-electron chi connectivity index (χ0n) is 18.3. The normalized spacial score (nSPS) is 15.8. The smallest absolute Gasteiger partial charge is 0.190 e. The number of benzene rings is 1. The van der Waals surface area contributed by atoms with Gasteiger partial charge in [-0.2, -0.15) is 0 Å². The molecule has 1 aromatic rings. The van der Waals surface area contributed by atoms with Crippen LogP contribution in [-0.4, -0.2) is 71.0 Å². The number of nitrogens with one attached hydrogen (secondary N) is 2. The van der Waals surface area contributed by atoms with Gasteiger partial charge in [0.25, 0.3) is 0 Å². The van der Waals surface area contributed by atoms with E-state index in [0.717, 1.165) is 38.6 Å². The average molecular weight is 518 g/mol. The molecule has 0 unspecified atom stereocenters. The van der Waals surface area contributed by atoms with Crippen molar-refractivity contribution in [2.75, 3.05) is 60.2 Å². The third-order valence-corrected chi connectivity index (χ3v) is 5.21. The summed E-state index contributed by atoms with van der Waals surface area (Å²) in [7, 11) is 3.52. The number of guanidine groups is 1. The minimum Gasteiger partial charge on any atom is -0.382 e. The predicted molar refractivity (Wildman–Crippen MR) is 131 cm³/mol. The summed E-state index contributed by atoms with van der Waals surface area (Å²) in [5, 5.41) is 6.84. The van der Waals surface area contributed by atoms with E-state index in [1.54, 1.807) is 7.11 Å². The summed E-state index contributed by atoms with van der Waals surface area (Å²) in [6.07, 6.45) is 3.44. The van der Waals surface area contributed by atoms with Crippen LogP contribution in [0.4, 0.5) is 0 Å². The molecule has 1 aliphatic rings. The Labute approximate surface area is 193 Å². The number of piperidine rings is 1. The summed E-state index contributed by atoms with van der Waals surface area (Å²) in [6.45, 7) is 9.46. The topological polar surface area (TPSA) is 58.1 Å². The standard InChI is InChI=1S/C22H38N4O2.HI/c1-19-5-7-21(8-6-19)18-26-12-9-20(10-13-26)17-25-22(23-2)24-11-4-14-28-16-15-27-3;/h5-8,20H,4,9-18H2,1-3H3,(H2,23,24,25);1H. The molecule has 0 spiro atoms. The first-order valence-electron chi connectivity index (χ1n) is 10.5. The molecule has 166 valence electrons. The van der Waals surface area contributed by atoms with Crippen LogP contribution in [0, 0.1) is 12.8 Å². The number of hydrogen-bond donors (Lipinski definition) is 2. The molecule has 2 rings (SSSR count). The van der Waals surface area contributed by atoms with E-state index in [2.05, 4.69) is 51.7 Å². The summed E-state index contributed by atoms with van der Waals surface area (Å²) in [5.74, 6) is 1.60. The van der Waals surface area contributed by atoms with Crippen LogP contribution >= 0.6 is 24.0 Å².